The first-order chi connectivity index (χ1) is 7.73. The lowest BCUT2D eigenvalue weighted by Crippen LogP contribution is -2.52. The predicted octanol–water partition coefficient (Wildman–Crippen LogP) is 1.78. The molecule has 3 heteroatoms. The Morgan fingerprint density at radius 3 is 2.62 bits per heavy atom. The maximum absolute atomic E-state index is 12.6. The largest absolute Gasteiger partial charge is 0.339 e. The van der Waals surface area contributed by atoms with E-state index in [1.165, 1.54) is 12.8 Å². The molecule has 0 aromatic heterocycles. The Bertz CT molecular complexity index is 255. The number of carbonyl (C=O) groups excluding carboxylic acids is 1. The Kier molecular flexibility index (Phi) is 3.53. The molecule has 2 aliphatic rings. The van der Waals surface area contributed by atoms with E-state index in [-0.39, 0.29) is 5.41 Å². The van der Waals surface area contributed by atoms with Crippen LogP contribution >= 0.6 is 0 Å². The van der Waals surface area contributed by atoms with Crippen LogP contribution in [0, 0.1) is 5.41 Å². The number of piperidine rings is 1. The van der Waals surface area contributed by atoms with Crippen LogP contribution in [-0.2, 0) is 4.79 Å². The molecular weight excluding hydrogens is 200 g/mol. The summed E-state index contributed by atoms with van der Waals surface area (Å²) in [5.41, 5.74) is -0.100. The van der Waals surface area contributed by atoms with Crippen molar-refractivity contribution in [1.29, 1.82) is 0 Å². The third-order valence-electron chi connectivity index (χ3n) is 4.19. The van der Waals surface area contributed by atoms with E-state index in [2.05, 4.69) is 24.1 Å². The molecule has 0 aromatic carbocycles. The third-order valence-corrected chi connectivity index (χ3v) is 4.19. The van der Waals surface area contributed by atoms with Crippen molar-refractivity contribution in [3.8, 4) is 0 Å². The van der Waals surface area contributed by atoms with Gasteiger partial charge in [0.15, 0.2) is 0 Å². The maximum atomic E-state index is 12.6. The summed E-state index contributed by atoms with van der Waals surface area (Å²) in [6.07, 6.45) is 5.61. The number of hydrogen-bond acceptors (Lipinski definition) is 2. The summed E-state index contributed by atoms with van der Waals surface area (Å²) in [5.74, 6) is 0.409. The molecule has 0 aromatic rings. The maximum Gasteiger partial charge on any atom is 0.230 e. The number of hydrogen-bond donors (Lipinski definition) is 1. The molecule has 1 aliphatic heterocycles. The van der Waals surface area contributed by atoms with Gasteiger partial charge in [0, 0.05) is 19.1 Å². The van der Waals surface area contributed by atoms with E-state index < -0.39 is 0 Å². The van der Waals surface area contributed by atoms with Crippen molar-refractivity contribution in [3.63, 3.8) is 0 Å². The van der Waals surface area contributed by atoms with Crippen LogP contribution in [-0.4, -0.2) is 36.5 Å². The summed E-state index contributed by atoms with van der Waals surface area (Å²) in [4.78, 5) is 14.8. The standard InChI is InChI=1S/C13H24N2O/c1-3-13(8-5-9-14-10-13)12(16)15(4-2)11-6-7-11/h11,14H,3-10H2,1-2H3. The fraction of sp³-hybridized carbons (Fsp3) is 0.923. The second-order valence-corrected chi connectivity index (χ2v) is 5.24. The smallest absolute Gasteiger partial charge is 0.230 e. The molecule has 2 rings (SSSR count). The number of rotatable bonds is 4. The van der Waals surface area contributed by atoms with Crippen LogP contribution < -0.4 is 5.32 Å². The second-order valence-electron chi connectivity index (χ2n) is 5.24. The minimum absolute atomic E-state index is 0.100. The molecule has 16 heavy (non-hydrogen) atoms. The van der Waals surface area contributed by atoms with E-state index in [0.717, 1.165) is 38.9 Å². The van der Waals surface area contributed by atoms with Gasteiger partial charge in [0.25, 0.3) is 0 Å². The Hall–Kier alpha value is -0.570. The van der Waals surface area contributed by atoms with Gasteiger partial charge >= 0.3 is 0 Å². The summed E-state index contributed by atoms with van der Waals surface area (Å²) < 4.78 is 0. The lowest BCUT2D eigenvalue weighted by molar-refractivity contribution is -0.144. The minimum atomic E-state index is -0.100. The van der Waals surface area contributed by atoms with Crippen molar-refractivity contribution >= 4 is 5.91 Å². The zero-order valence-corrected chi connectivity index (χ0v) is 10.6. The van der Waals surface area contributed by atoms with Crippen molar-refractivity contribution in [2.75, 3.05) is 19.6 Å². The van der Waals surface area contributed by atoms with Crippen molar-refractivity contribution in [2.24, 2.45) is 5.41 Å². The highest BCUT2D eigenvalue weighted by Crippen LogP contribution is 2.36. The predicted molar refractivity (Wildman–Crippen MR) is 65.2 cm³/mol. The Morgan fingerprint density at radius 1 is 1.44 bits per heavy atom. The normalized spacial score (nSPS) is 30.1. The summed E-state index contributed by atoms with van der Waals surface area (Å²) in [6.45, 7) is 7.10. The molecule has 1 saturated heterocycles. The fourth-order valence-electron chi connectivity index (χ4n) is 2.86. The SMILES string of the molecule is CCN(C(=O)C1(CC)CCCNC1)C1CC1. The van der Waals surface area contributed by atoms with Crippen LogP contribution in [0.5, 0.6) is 0 Å². The summed E-state index contributed by atoms with van der Waals surface area (Å²) in [6, 6.07) is 0.558. The van der Waals surface area contributed by atoms with Gasteiger partial charge in [0.2, 0.25) is 5.91 Å². The first-order valence-electron chi connectivity index (χ1n) is 6.75. The Balaban J connectivity index is 2.09. The van der Waals surface area contributed by atoms with Crippen LogP contribution in [0.3, 0.4) is 0 Å². The van der Waals surface area contributed by atoms with Crippen LogP contribution in [0.2, 0.25) is 0 Å². The van der Waals surface area contributed by atoms with Crippen LogP contribution in [0.4, 0.5) is 0 Å². The van der Waals surface area contributed by atoms with Gasteiger partial charge in [-0.25, -0.2) is 0 Å². The monoisotopic (exact) mass is 224 g/mol. The van der Waals surface area contributed by atoms with Gasteiger partial charge in [-0.1, -0.05) is 6.92 Å². The van der Waals surface area contributed by atoms with Gasteiger partial charge in [0.1, 0.15) is 0 Å². The van der Waals surface area contributed by atoms with Gasteiger partial charge < -0.3 is 10.2 Å². The topological polar surface area (TPSA) is 32.3 Å². The van der Waals surface area contributed by atoms with Gasteiger partial charge in [0.05, 0.1) is 5.41 Å². The van der Waals surface area contributed by atoms with Crippen molar-refractivity contribution in [2.45, 2.75) is 52.0 Å². The van der Waals surface area contributed by atoms with E-state index in [4.69, 9.17) is 0 Å². The molecular formula is C13H24N2O. The number of nitrogens with zero attached hydrogens (tertiary/aromatic N) is 1. The molecule has 1 heterocycles. The first kappa shape index (κ1) is 11.9. The quantitative estimate of drug-likeness (QED) is 0.789. The molecule has 1 saturated carbocycles. The zero-order valence-electron chi connectivity index (χ0n) is 10.6. The lowest BCUT2D eigenvalue weighted by Gasteiger charge is -2.39. The highest BCUT2D eigenvalue weighted by atomic mass is 16.2. The van der Waals surface area contributed by atoms with Crippen LogP contribution in [0.15, 0.2) is 0 Å². The third kappa shape index (κ3) is 2.10. The Morgan fingerprint density at radius 2 is 2.19 bits per heavy atom. The lowest BCUT2D eigenvalue weighted by atomic mass is 9.77. The van der Waals surface area contributed by atoms with Gasteiger partial charge in [-0.15, -0.1) is 0 Å². The molecule has 1 aliphatic carbocycles. The molecule has 0 radical (unpaired) electrons. The van der Waals surface area contributed by atoms with Gasteiger partial charge in [-0.05, 0) is 45.6 Å². The molecule has 1 N–H and O–H groups in total. The zero-order chi connectivity index (χ0) is 11.6. The second kappa shape index (κ2) is 4.74. The van der Waals surface area contributed by atoms with Crippen molar-refractivity contribution in [3.05, 3.63) is 0 Å². The molecule has 0 bridgehead atoms. The molecule has 1 unspecified atom stereocenters. The van der Waals surface area contributed by atoms with E-state index in [0.29, 0.717) is 11.9 Å². The van der Waals surface area contributed by atoms with Gasteiger partial charge in [-0.3, -0.25) is 4.79 Å². The van der Waals surface area contributed by atoms with Crippen LogP contribution in [0.25, 0.3) is 0 Å². The van der Waals surface area contributed by atoms with Crippen LogP contribution in [0.1, 0.15) is 46.0 Å². The molecule has 3 nitrogen and oxygen atoms in total. The van der Waals surface area contributed by atoms with E-state index in [1.807, 2.05) is 0 Å². The first-order valence-corrected chi connectivity index (χ1v) is 6.75. The highest BCUT2D eigenvalue weighted by Gasteiger charge is 2.43. The summed E-state index contributed by atoms with van der Waals surface area (Å²) in [7, 11) is 0. The summed E-state index contributed by atoms with van der Waals surface area (Å²) in [5, 5.41) is 3.40. The molecule has 2 fully saturated rings. The van der Waals surface area contributed by atoms with Gasteiger partial charge in [-0.2, -0.15) is 0 Å². The van der Waals surface area contributed by atoms with E-state index in [9.17, 15) is 4.79 Å². The summed E-state index contributed by atoms with van der Waals surface area (Å²) >= 11 is 0. The fourth-order valence-corrected chi connectivity index (χ4v) is 2.86. The molecule has 92 valence electrons. The van der Waals surface area contributed by atoms with Crippen molar-refractivity contribution in [1.82, 2.24) is 10.2 Å². The Labute approximate surface area is 98.6 Å². The molecule has 0 spiro atoms. The number of carbonyl (C=O) groups is 1. The highest BCUT2D eigenvalue weighted by molar-refractivity contribution is 5.83. The van der Waals surface area contributed by atoms with E-state index >= 15 is 0 Å². The molecule has 1 atom stereocenters. The number of amides is 1. The average Bonchev–Trinajstić information content (AvgIpc) is 3.15. The average molecular weight is 224 g/mol. The van der Waals surface area contributed by atoms with E-state index in [1.54, 1.807) is 0 Å². The number of nitrogens with one attached hydrogen (secondary N) is 1. The minimum Gasteiger partial charge on any atom is -0.339 e. The van der Waals surface area contributed by atoms with Crippen molar-refractivity contribution < 1.29 is 4.79 Å². The molecule has 1 amide bonds.